The van der Waals surface area contributed by atoms with E-state index in [2.05, 4.69) is 34.6 Å². The Balaban J connectivity index is 1.87. The highest BCUT2D eigenvalue weighted by Gasteiger charge is 2.56. The quantitative estimate of drug-likeness (QED) is 0.267. The van der Waals surface area contributed by atoms with Crippen molar-refractivity contribution in [3.63, 3.8) is 0 Å². The first-order chi connectivity index (χ1) is 11.0. The predicted molar refractivity (Wildman–Crippen MR) is 108 cm³/mol. The van der Waals surface area contributed by atoms with Crippen molar-refractivity contribution in [3.05, 3.63) is 0 Å². The maximum Gasteiger partial charge on any atom is -0.0178 e. The molecule has 3 rings (SSSR count). The molecule has 0 nitrogen and oxygen atoms in total. The SMILES string of the molecule is CCCCCCP(CCCCCC)C1CC2CC(C1C)C2(C)C. The molecule has 0 saturated heterocycles. The molecule has 0 aromatic rings. The normalized spacial score (nSPS) is 32.1. The molecule has 0 N–H and O–H groups in total. The lowest BCUT2D eigenvalue weighted by Crippen LogP contribution is -2.56. The molecule has 4 atom stereocenters. The third kappa shape index (κ3) is 4.74. The Morgan fingerprint density at radius 2 is 1.39 bits per heavy atom. The zero-order chi connectivity index (χ0) is 16.9. The van der Waals surface area contributed by atoms with Gasteiger partial charge in [-0.1, -0.05) is 73.1 Å². The number of hydrogen-bond acceptors (Lipinski definition) is 0. The summed E-state index contributed by atoms with van der Waals surface area (Å²) in [7, 11) is 0.311. The summed E-state index contributed by atoms with van der Waals surface area (Å²) in [5, 5.41) is 0. The van der Waals surface area contributed by atoms with Crippen LogP contribution < -0.4 is 0 Å². The number of hydrogen-bond donors (Lipinski definition) is 0. The summed E-state index contributed by atoms with van der Waals surface area (Å²) in [4.78, 5) is 0. The summed E-state index contributed by atoms with van der Waals surface area (Å²) in [5.74, 6) is 3.12. The topological polar surface area (TPSA) is 0 Å². The van der Waals surface area contributed by atoms with Crippen LogP contribution >= 0.6 is 7.92 Å². The monoisotopic (exact) mass is 338 g/mol. The Labute approximate surface area is 148 Å². The predicted octanol–water partition coefficient (Wildman–Crippen LogP) is 7.70. The lowest BCUT2D eigenvalue weighted by atomic mass is 9.46. The molecule has 0 radical (unpaired) electrons. The largest absolute Gasteiger partial charge is 0.103 e. The van der Waals surface area contributed by atoms with Gasteiger partial charge in [-0.25, -0.2) is 0 Å². The molecule has 3 fully saturated rings. The van der Waals surface area contributed by atoms with Gasteiger partial charge in [0, 0.05) is 0 Å². The zero-order valence-electron chi connectivity index (χ0n) is 16.7. The summed E-state index contributed by atoms with van der Waals surface area (Å²) in [6.07, 6.45) is 18.0. The van der Waals surface area contributed by atoms with Crippen LogP contribution in [0.5, 0.6) is 0 Å². The van der Waals surface area contributed by atoms with Crippen molar-refractivity contribution >= 4 is 7.92 Å². The summed E-state index contributed by atoms with van der Waals surface area (Å²) >= 11 is 0. The van der Waals surface area contributed by atoms with Crippen LogP contribution in [0, 0.1) is 23.2 Å². The van der Waals surface area contributed by atoms with E-state index in [1.54, 1.807) is 25.2 Å². The van der Waals surface area contributed by atoms with E-state index in [-0.39, 0.29) is 0 Å². The molecule has 1 heteroatoms. The molecule has 3 aliphatic carbocycles. The smallest absolute Gasteiger partial charge is 0.0178 e. The maximum atomic E-state index is 2.62. The standard InChI is InChI=1S/C22H43P/c1-6-8-10-12-14-23(15-13-11-9-7-2)21-17-19-16-20(18(21)3)22(19,4)5/h18-21H,6-17H2,1-5H3. The fraction of sp³-hybridized carbons (Fsp3) is 1.00. The Kier molecular flexibility index (Phi) is 7.92. The first kappa shape index (κ1) is 19.8. The second-order valence-electron chi connectivity index (χ2n) is 9.18. The van der Waals surface area contributed by atoms with Gasteiger partial charge in [-0.15, -0.1) is 7.92 Å². The molecular formula is C22H43P. The highest BCUT2D eigenvalue weighted by atomic mass is 31.1. The van der Waals surface area contributed by atoms with Gasteiger partial charge in [-0.05, 0) is 66.8 Å². The zero-order valence-corrected chi connectivity index (χ0v) is 17.6. The van der Waals surface area contributed by atoms with Crippen LogP contribution in [-0.2, 0) is 0 Å². The van der Waals surface area contributed by atoms with Gasteiger partial charge in [0.25, 0.3) is 0 Å². The van der Waals surface area contributed by atoms with Crippen molar-refractivity contribution in [2.75, 3.05) is 12.3 Å². The first-order valence-electron chi connectivity index (χ1n) is 10.8. The molecule has 3 aliphatic rings. The molecule has 0 aliphatic heterocycles. The van der Waals surface area contributed by atoms with Crippen LogP contribution in [0.1, 0.15) is 98.8 Å². The Bertz CT molecular complexity index is 323. The second-order valence-corrected chi connectivity index (χ2v) is 11.9. The van der Waals surface area contributed by atoms with Crippen LogP contribution in [0.2, 0.25) is 0 Å². The van der Waals surface area contributed by atoms with Gasteiger partial charge in [0.2, 0.25) is 0 Å². The van der Waals surface area contributed by atoms with E-state index in [0.29, 0.717) is 13.3 Å². The minimum absolute atomic E-state index is 0.311. The van der Waals surface area contributed by atoms with Crippen LogP contribution in [0.3, 0.4) is 0 Å². The lowest BCUT2D eigenvalue weighted by Gasteiger charge is -2.63. The molecule has 4 unspecified atom stereocenters. The van der Waals surface area contributed by atoms with Gasteiger partial charge in [0.1, 0.15) is 0 Å². The van der Waals surface area contributed by atoms with Crippen molar-refractivity contribution in [2.24, 2.45) is 23.2 Å². The number of rotatable bonds is 11. The fourth-order valence-corrected chi connectivity index (χ4v) is 9.10. The van der Waals surface area contributed by atoms with Crippen LogP contribution in [0.4, 0.5) is 0 Å². The molecule has 3 saturated carbocycles. The first-order valence-corrected chi connectivity index (χ1v) is 12.5. The molecule has 23 heavy (non-hydrogen) atoms. The Hall–Kier alpha value is 0.430. The van der Waals surface area contributed by atoms with Gasteiger partial charge in [0.05, 0.1) is 0 Å². The fourth-order valence-electron chi connectivity index (χ4n) is 5.53. The van der Waals surface area contributed by atoms with Crippen molar-refractivity contribution in [3.8, 4) is 0 Å². The third-order valence-corrected chi connectivity index (χ3v) is 10.8. The molecule has 0 spiro atoms. The van der Waals surface area contributed by atoms with E-state index < -0.39 is 0 Å². The number of unbranched alkanes of at least 4 members (excludes halogenated alkanes) is 6. The lowest BCUT2D eigenvalue weighted by molar-refractivity contribution is -0.0960. The average molecular weight is 339 g/mol. The second kappa shape index (κ2) is 9.22. The van der Waals surface area contributed by atoms with Crippen LogP contribution in [0.25, 0.3) is 0 Å². The van der Waals surface area contributed by atoms with E-state index in [1.807, 2.05) is 0 Å². The van der Waals surface area contributed by atoms with E-state index in [1.165, 1.54) is 51.4 Å². The molecule has 2 bridgehead atoms. The molecule has 0 aromatic heterocycles. The van der Waals surface area contributed by atoms with Crippen LogP contribution in [0.15, 0.2) is 0 Å². The van der Waals surface area contributed by atoms with E-state index in [9.17, 15) is 0 Å². The minimum atomic E-state index is 0.311. The van der Waals surface area contributed by atoms with E-state index in [0.717, 1.165) is 23.4 Å². The highest BCUT2D eigenvalue weighted by molar-refractivity contribution is 7.58. The summed E-state index contributed by atoms with van der Waals surface area (Å²) in [6, 6.07) is 0. The molecule has 0 heterocycles. The molecule has 0 aromatic carbocycles. The van der Waals surface area contributed by atoms with E-state index >= 15 is 0 Å². The summed E-state index contributed by atoms with van der Waals surface area (Å²) in [6.45, 7) is 12.4. The third-order valence-electron chi connectivity index (χ3n) is 7.38. The summed E-state index contributed by atoms with van der Waals surface area (Å²) < 4.78 is 0. The maximum absolute atomic E-state index is 2.62. The Morgan fingerprint density at radius 1 is 0.826 bits per heavy atom. The van der Waals surface area contributed by atoms with Crippen molar-refractivity contribution < 1.29 is 0 Å². The summed E-state index contributed by atoms with van der Waals surface area (Å²) in [5.41, 5.74) is 1.78. The molecule has 0 amide bonds. The van der Waals surface area contributed by atoms with Gasteiger partial charge < -0.3 is 0 Å². The molecular weight excluding hydrogens is 295 g/mol. The average Bonchev–Trinajstić information content (AvgIpc) is 2.53. The van der Waals surface area contributed by atoms with Crippen molar-refractivity contribution in [2.45, 2.75) is 104 Å². The van der Waals surface area contributed by atoms with Crippen molar-refractivity contribution in [1.29, 1.82) is 0 Å². The van der Waals surface area contributed by atoms with Gasteiger partial charge >= 0.3 is 0 Å². The van der Waals surface area contributed by atoms with Gasteiger partial charge in [-0.2, -0.15) is 0 Å². The minimum Gasteiger partial charge on any atom is -0.103 e. The van der Waals surface area contributed by atoms with Crippen molar-refractivity contribution in [1.82, 2.24) is 0 Å². The highest BCUT2D eigenvalue weighted by Crippen LogP contribution is 2.67. The number of fused-ring (bicyclic) bond motifs is 2. The Morgan fingerprint density at radius 3 is 1.83 bits per heavy atom. The van der Waals surface area contributed by atoms with Gasteiger partial charge in [0.15, 0.2) is 0 Å². The van der Waals surface area contributed by atoms with Gasteiger partial charge in [-0.3, -0.25) is 0 Å². The van der Waals surface area contributed by atoms with Crippen LogP contribution in [-0.4, -0.2) is 18.0 Å². The molecule has 136 valence electrons. The van der Waals surface area contributed by atoms with E-state index in [4.69, 9.17) is 0 Å².